The van der Waals surface area contributed by atoms with Gasteiger partial charge in [-0.05, 0) is 30.2 Å². The molecule has 0 spiro atoms. The Balaban J connectivity index is 1.33. The maximum Gasteiger partial charge on any atom is 0.417 e. The van der Waals surface area contributed by atoms with E-state index in [4.69, 9.17) is 4.74 Å². The van der Waals surface area contributed by atoms with Crippen LogP contribution in [0.4, 0.5) is 19.0 Å². The van der Waals surface area contributed by atoms with Gasteiger partial charge < -0.3 is 10.1 Å². The summed E-state index contributed by atoms with van der Waals surface area (Å²) in [5.41, 5.74) is 2.74. The van der Waals surface area contributed by atoms with E-state index in [0.717, 1.165) is 34.6 Å². The van der Waals surface area contributed by atoms with Crippen molar-refractivity contribution < 1.29 is 17.9 Å². The Morgan fingerprint density at radius 3 is 2.52 bits per heavy atom. The second-order valence-electron chi connectivity index (χ2n) is 6.03. The third kappa shape index (κ3) is 4.60. The number of anilines is 1. The fraction of sp³-hybridized carbons (Fsp3) is 0.158. The van der Waals surface area contributed by atoms with Crippen LogP contribution >= 0.6 is 11.3 Å². The van der Waals surface area contributed by atoms with Crippen LogP contribution in [0, 0.1) is 0 Å². The van der Waals surface area contributed by atoms with Gasteiger partial charge in [0.1, 0.15) is 22.4 Å². The van der Waals surface area contributed by atoms with Gasteiger partial charge in [0.15, 0.2) is 5.82 Å². The first-order chi connectivity index (χ1) is 14.0. The fourth-order valence-corrected chi connectivity index (χ4v) is 3.23. The number of hydrogen-bond donors (Lipinski definition) is 1. The Hall–Kier alpha value is -3.27. The summed E-state index contributed by atoms with van der Waals surface area (Å²) in [6.45, 7) is 0.657. The molecule has 3 heterocycles. The summed E-state index contributed by atoms with van der Waals surface area (Å²) in [5.74, 6) is 1.29. The average Bonchev–Trinajstić information content (AvgIpc) is 3.19. The minimum atomic E-state index is -4.42. The summed E-state index contributed by atoms with van der Waals surface area (Å²) >= 11 is 1.46. The van der Waals surface area contributed by atoms with Crippen molar-refractivity contribution in [2.24, 2.45) is 0 Å². The van der Waals surface area contributed by atoms with Crippen LogP contribution in [0.15, 0.2) is 54.4 Å². The molecule has 1 N–H and O–H groups in total. The number of pyridine rings is 1. The highest BCUT2D eigenvalue weighted by Crippen LogP contribution is 2.30. The third-order valence-electron chi connectivity index (χ3n) is 4.05. The SMILES string of the molecule is FC(F)(F)c1ccc(Oc2ccc(CCNc3ncnc4scnc34)cc2)nc1. The molecule has 0 amide bonds. The van der Waals surface area contributed by atoms with Gasteiger partial charge in [0.05, 0.1) is 11.1 Å². The van der Waals surface area contributed by atoms with E-state index in [1.165, 1.54) is 23.7 Å². The number of alkyl halides is 3. The molecule has 0 bridgehead atoms. The molecule has 0 radical (unpaired) electrons. The van der Waals surface area contributed by atoms with Crippen LogP contribution in [0.25, 0.3) is 10.3 Å². The van der Waals surface area contributed by atoms with E-state index < -0.39 is 11.7 Å². The third-order valence-corrected chi connectivity index (χ3v) is 4.78. The molecule has 0 atom stereocenters. The minimum Gasteiger partial charge on any atom is -0.439 e. The van der Waals surface area contributed by atoms with Gasteiger partial charge >= 0.3 is 6.18 Å². The van der Waals surface area contributed by atoms with Gasteiger partial charge in [0, 0.05) is 18.8 Å². The number of ether oxygens (including phenoxy) is 1. The molecular formula is C19H14F3N5OS. The van der Waals surface area contributed by atoms with Gasteiger partial charge in [-0.2, -0.15) is 13.2 Å². The predicted octanol–water partition coefficient (Wildman–Crippen LogP) is 4.95. The van der Waals surface area contributed by atoms with Crippen LogP contribution in [-0.4, -0.2) is 26.5 Å². The quantitative estimate of drug-likeness (QED) is 0.479. The van der Waals surface area contributed by atoms with Gasteiger partial charge in [0.2, 0.25) is 5.88 Å². The van der Waals surface area contributed by atoms with Gasteiger partial charge in [-0.15, -0.1) is 11.3 Å². The van der Waals surface area contributed by atoms with Crippen molar-refractivity contribution in [1.29, 1.82) is 0 Å². The van der Waals surface area contributed by atoms with Crippen molar-refractivity contribution in [1.82, 2.24) is 19.9 Å². The van der Waals surface area contributed by atoms with E-state index in [0.29, 0.717) is 18.1 Å². The Morgan fingerprint density at radius 2 is 1.79 bits per heavy atom. The van der Waals surface area contributed by atoms with E-state index in [2.05, 4.69) is 25.3 Å². The van der Waals surface area contributed by atoms with Crippen molar-refractivity contribution in [3.05, 3.63) is 65.6 Å². The maximum absolute atomic E-state index is 12.6. The van der Waals surface area contributed by atoms with Crippen molar-refractivity contribution >= 4 is 27.5 Å². The zero-order chi connectivity index (χ0) is 20.3. The highest BCUT2D eigenvalue weighted by atomic mass is 32.1. The van der Waals surface area contributed by atoms with Gasteiger partial charge in [0.25, 0.3) is 0 Å². The van der Waals surface area contributed by atoms with Gasteiger partial charge in [-0.3, -0.25) is 0 Å². The lowest BCUT2D eigenvalue weighted by molar-refractivity contribution is -0.137. The van der Waals surface area contributed by atoms with Crippen LogP contribution < -0.4 is 10.1 Å². The van der Waals surface area contributed by atoms with Crippen molar-refractivity contribution in [3.63, 3.8) is 0 Å². The Bertz CT molecular complexity index is 1100. The number of thiazole rings is 1. The van der Waals surface area contributed by atoms with E-state index in [1.807, 2.05) is 12.1 Å². The molecule has 6 nitrogen and oxygen atoms in total. The van der Waals surface area contributed by atoms with Crippen molar-refractivity contribution in [2.75, 3.05) is 11.9 Å². The zero-order valence-corrected chi connectivity index (χ0v) is 15.7. The molecule has 148 valence electrons. The molecule has 29 heavy (non-hydrogen) atoms. The summed E-state index contributed by atoms with van der Waals surface area (Å²) in [4.78, 5) is 17.2. The van der Waals surface area contributed by atoms with E-state index in [9.17, 15) is 13.2 Å². The normalized spacial score (nSPS) is 11.6. The Kier molecular flexibility index (Phi) is 5.26. The lowest BCUT2D eigenvalue weighted by Crippen LogP contribution is -2.07. The molecule has 3 aromatic heterocycles. The largest absolute Gasteiger partial charge is 0.439 e. The topological polar surface area (TPSA) is 72.8 Å². The molecule has 0 aliphatic carbocycles. The van der Waals surface area contributed by atoms with Gasteiger partial charge in [-0.25, -0.2) is 19.9 Å². The summed E-state index contributed by atoms with van der Waals surface area (Å²) in [5, 5.41) is 3.25. The predicted molar refractivity (Wildman–Crippen MR) is 103 cm³/mol. The first kappa shape index (κ1) is 19.1. The molecule has 0 aliphatic rings. The molecule has 4 aromatic rings. The Morgan fingerprint density at radius 1 is 0.966 bits per heavy atom. The summed E-state index contributed by atoms with van der Waals surface area (Å²) in [6.07, 6.45) is -1.42. The zero-order valence-electron chi connectivity index (χ0n) is 14.8. The van der Waals surface area contributed by atoms with E-state index >= 15 is 0 Å². The van der Waals surface area contributed by atoms with Crippen LogP contribution in [0.3, 0.4) is 0 Å². The molecule has 1 aromatic carbocycles. The van der Waals surface area contributed by atoms with Crippen LogP contribution in [-0.2, 0) is 12.6 Å². The van der Waals surface area contributed by atoms with Crippen molar-refractivity contribution in [3.8, 4) is 11.6 Å². The fourth-order valence-electron chi connectivity index (χ4n) is 2.60. The van der Waals surface area contributed by atoms with Crippen LogP contribution in [0.2, 0.25) is 0 Å². The standard InChI is InChI=1S/C19H14F3N5OS/c20-19(21,22)13-3-6-15(24-9-13)28-14-4-1-12(2-5-14)7-8-23-17-16-18(26-10-25-17)29-11-27-16/h1-6,9-11H,7-8H2,(H,23,25,26). The Labute approximate surface area is 167 Å². The number of benzene rings is 1. The number of hydrogen-bond acceptors (Lipinski definition) is 7. The molecule has 0 aliphatic heterocycles. The second-order valence-corrected chi connectivity index (χ2v) is 6.87. The lowest BCUT2D eigenvalue weighted by Gasteiger charge is -2.09. The summed E-state index contributed by atoms with van der Waals surface area (Å²) < 4.78 is 43.2. The highest BCUT2D eigenvalue weighted by molar-refractivity contribution is 7.16. The second kappa shape index (κ2) is 8.00. The highest BCUT2D eigenvalue weighted by Gasteiger charge is 2.30. The molecular weight excluding hydrogens is 403 g/mol. The molecule has 0 fully saturated rings. The molecule has 0 saturated carbocycles. The molecule has 4 rings (SSSR count). The number of nitrogens with zero attached hydrogens (tertiary/aromatic N) is 4. The average molecular weight is 417 g/mol. The monoisotopic (exact) mass is 417 g/mol. The molecule has 0 unspecified atom stereocenters. The van der Waals surface area contributed by atoms with Gasteiger partial charge in [-0.1, -0.05) is 12.1 Å². The number of aromatic nitrogens is 4. The van der Waals surface area contributed by atoms with Crippen LogP contribution in [0.5, 0.6) is 11.6 Å². The number of fused-ring (bicyclic) bond motifs is 1. The minimum absolute atomic E-state index is 0.100. The first-order valence-corrected chi connectivity index (χ1v) is 9.45. The summed E-state index contributed by atoms with van der Waals surface area (Å²) in [6, 6.07) is 9.41. The van der Waals surface area contributed by atoms with E-state index in [-0.39, 0.29) is 5.88 Å². The maximum atomic E-state index is 12.6. The molecule has 0 saturated heterocycles. The lowest BCUT2D eigenvalue weighted by atomic mass is 10.1. The summed E-state index contributed by atoms with van der Waals surface area (Å²) in [7, 11) is 0. The van der Waals surface area contributed by atoms with E-state index in [1.54, 1.807) is 17.6 Å². The smallest absolute Gasteiger partial charge is 0.417 e. The number of rotatable bonds is 6. The number of halogens is 3. The molecule has 10 heteroatoms. The van der Waals surface area contributed by atoms with Crippen LogP contribution in [0.1, 0.15) is 11.1 Å². The first-order valence-electron chi connectivity index (χ1n) is 8.57. The number of nitrogens with one attached hydrogen (secondary N) is 1. The van der Waals surface area contributed by atoms with Crippen molar-refractivity contribution in [2.45, 2.75) is 12.6 Å².